The van der Waals surface area contributed by atoms with Crippen molar-refractivity contribution in [1.82, 2.24) is 14.9 Å². The van der Waals surface area contributed by atoms with Gasteiger partial charge in [-0.3, -0.25) is 0 Å². The first-order chi connectivity index (χ1) is 14.5. The van der Waals surface area contributed by atoms with Crippen LogP contribution in [0.3, 0.4) is 0 Å². The number of hydrogen-bond acceptors (Lipinski definition) is 5. The maximum absolute atomic E-state index is 6.44. The van der Waals surface area contributed by atoms with Gasteiger partial charge in [0.1, 0.15) is 11.6 Å². The van der Waals surface area contributed by atoms with Crippen LogP contribution in [-0.4, -0.2) is 48.3 Å². The lowest BCUT2D eigenvalue weighted by molar-refractivity contribution is 0.411. The summed E-state index contributed by atoms with van der Waals surface area (Å²) in [6.07, 6.45) is 4.72. The first-order valence-corrected chi connectivity index (χ1v) is 12.7. The Balaban J connectivity index is 1.54. The molecule has 0 radical (unpaired) electrons. The quantitative estimate of drug-likeness (QED) is 0.503. The zero-order valence-electron chi connectivity index (χ0n) is 17.6. The number of para-hydroxylation sites is 1. The molecule has 1 aliphatic rings. The van der Waals surface area contributed by atoms with Crippen LogP contribution in [0.25, 0.3) is 0 Å². The molecule has 30 heavy (non-hydrogen) atoms. The fraction of sp³-hybridized carbons (Fsp3) is 0.304. The number of anilines is 4. The summed E-state index contributed by atoms with van der Waals surface area (Å²) in [5.74, 6) is 2.07. The van der Waals surface area contributed by atoms with Crippen molar-refractivity contribution in [1.29, 1.82) is 0 Å². The van der Waals surface area contributed by atoms with Gasteiger partial charge < -0.3 is 15.5 Å². The topological polar surface area (TPSA) is 53.1 Å². The highest BCUT2D eigenvalue weighted by molar-refractivity contribution is 7.64. The van der Waals surface area contributed by atoms with Crippen LogP contribution in [0.4, 0.5) is 23.0 Å². The minimum Gasteiger partial charge on any atom is -0.354 e. The molecule has 0 amide bonds. The zero-order valence-corrected chi connectivity index (χ0v) is 19.2. The van der Waals surface area contributed by atoms with Crippen molar-refractivity contribution in [2.75, 3.05) is 44.1 Å². The van der Waals surface area contributed by atoms with E-state index in [1.54, 1.807) is 6.20 Å². The van der Waals surface area contributed by atoms with E-state index in [2.05, 4.69) is 76.2 Å². The molecule has 1 saturated heterocycles. The lowest BCUT2D eigenvalue weighted by Crippen LogP contribution is -2.13. The summed E-state index contributed by atoms with van der Waals surface area (Å²) in [5, 5.41) is 8.72. The van der Waals surface area contributed by atoms with E-state index in [-0.39, 0.29) is 7.92 Å². The van der Waals surface area contributed by atoms with Gasteiger partial charge in [0.2, 0.25) is 0 Å². The molecule has 5 nitrogen and oxygen atoms in total. The fourth-order valence-electron chi connectivity index (χ4n) is 3.82. The molecule has 0 saturated carbocycles. The molecule has 0 bridgehead atoms. The van der Waals surface area contributed by atoms with E-state index in [1.807, 2.05) is 18.3 Å². The third kappa shape index (κ3) is 4.92. The Bertz CT molecular complexity index is 1030. The maximum atomic E-state index is 6.44. The standard InChI is InChI=1S/C23H27ClN5P/c1-29-11-9-17(15-29)16-8-10-25-22(12-16)28-23-13-20(18(24)14-26-23)27-19-6-4-5-7-21(19)30(2)3/h4-8,10,12-14,17H,9,11,15H2,1-3H3,(H2,25,26,27,28). The van der Waals surface area contributed by atoms with Crippen molar-refractivity contribution < 1.29 is 0 Å². The summed E-state index contributed by atoms with van der Waals surface area (Å²) in [5.41, 5.74) is 3.22. The summed E-state index contributed by atoms with van der Waals surface area (Å²) in [7, 11) is 1.94. The third-order valence-corrected chi connectivity index (χ3v) is 7.07. The molecule has 7 heteroatoms. The summed E-state index contributed by atoms with van der Waals surface area (Å²) in [4.78, 5) is 11.3. The van der Waals surface area contributed by atoms with Crippen LogP contribution in [0.1, 0.15) is 17.9 Å². The van der Waals surface area contributed by atoms with Gasteiger partial charge in [0.15, 0.2) is 0 Å². The highest BCUT2D eigenvalue weighted by Crippen LogP contribution is 2.33. The van der Waals surface area contributed by atoms with E-state index in [1.165, 1.54) is 17.3 Å². The number of benzene rings is 1. The van der Waals surface area contributed by atoms with E-state index >= 15 is 0 Å². The Morgan fingerprint density at radius 1 is 1.03 bits per heavy atom. The molecule has 156 valence electrons. The lowest BCUT2D eigenvalue weighted by Gasteiger charge is -2.16. The van der Waals surface area contributed by atoms with Gasteiger partial charge >= 0.3 is 0 Å². The Kier molecular flexibility index (Phi) is 6.52. The normalized spacial score (nSPS) is 16.8. The fourth-order valence-corrected chi connectivity index (χ4v) is 4.97. The van der Waals surface area contributed by atoms with Crippen molar-refractivity contribution in [2.24, 2.45) is 0 Å². The molecule has 1 atom stereocenters. The monoisotopic (exact) mass is 439 g/mol. The van der Waals surface area contributed by atoms with Gasteiger partial charge in [0.25, 0.3) is 0 Å². The molecule has 0 spiro atoms. The molecular weight excluding hydrogens is 413 g/mol. The van der Waals surface area contributed by atoms with Gasteiger partial charge in [-0.2, -0.15) is 0 Å². The molecule has 3 aromatic rings. The number of pyridine rings is 2. The lowest BCUT2D eigenvalue weighted by atomic mass is 9.99. The summed E-state index contributed by atoms with van der Waals surface area (Å²) in [6, 6.07) is 14.5. The first kappa shape index (κ1) is 21.0. The molecule has 1 aliphatic heterocycles. The minimum atomic E-state index is -0.232. The number of hydrogen-bond donors (Lipinski definition) is 2. The van der Waals surface area contributed by atoms with Gasteiger partial charge in [-0.05, 0) is 68.3 Å². The van der Waals surface area contributed by atoms with Crippen LogP contribution < -0.4 is 15.9 Å². The van der Waals surface area contributed by atoms with Crippen LogP contribution in [-0.2, 0) is 0 Å². The Hall–Kier alpha value is -2.20. The van der Waals surface area contributed by atoms with E-state index in [0.717, 1.165) is 30.3 Å². The molecule has 1 fully saturated rings. The average molecular weight is 440 g/mol. The maximum Gasteiger partial charge on any atom is 0.133 e. The molecule has 2 aromatic heterocycles. The molecule has 3 heterocycles. The number of nitrogens with zero attached hydrogens (tertiary/aromatic N) is 3. The predicted molar refractivity (Wildman–Crippen MR) is 130 cm³/mol. The first-order valence-electron chi connectivity index (χ1n) is 10.1. The molecular formula is C23H27ClN5P. The number of nitrogens with one attached hydrogen (secondary N) is 2. The second kappa shape index (κ2) is 9.30. The summed E-state index contributed by atoms with van der Waals surface area (Å²) < 4.78 is 0. The van der Waals surface area contributed by atoms with Gasteiger partial charge in [-0.1, -0.05) is 37.7 Å². The van der Waals surface area contributed by atoms with E-state index in [9.17, 15) is 0 Å². The summed E-state index contributed by atoms with van der Waals surface area (Å²) in [6.45, 7) is 6.73. The Morgan fingerprint density at radius 2 is 1.83 bits per heavy atom. The van der Waals surface area contributed by atoms with Crippen LogP contribution in [0, 0.1) is 0 Å². The molecule has 1 unspecified atom stereocenters. The number of rotatable bonds is 6. The minimum absolute atomic E-state index is 0.232. The van der Waals surface area contributed by atoms with Crippen LogP contribution in [0.15, 0.2) is 54.9 Å². The molecule has 0 aliphatic carbocycles. The SMILES string of the molecule is CN1CCC(c2ccnc(Nc3cc(Nc4ccccc4P(C)C)c(Cl)cn3)c2)C1. The highest BCUT2D eigenvalue weighted by atomic mass is 35.5. The average Bonchev–Trinajstić information content (AvgIpc) is 3.17. The molecule has 4 rings (SSSR count). The van der Waals surface area contributed by atoms with Gasteiger partial charge in [0.05, 0.1) is 16.9 Å². The number of likely N-dealkylation sites (tertiary alicyclic amines) is 1. The second-order valence-electron chi connectivity index (χ2n) is 7.93. The Morgan fingerprint density at radius 3 is 2.60 bits per heavy atom. The van der Waals surface area contributed by atoms with Crippen LogP contribution in [0.5, 0.6) is 0 Å². The number of aromatic nitrogens is 2. The smallest absolute Gasteiger partial charge is 0.133 e. The van der Waals surface area contributed by atoms with Crippen molar-refractivity contribution in [2.45, 2.75) is 12.3 Å². The largest absolute Gasteiger partial charge is 0.354 e. The number of halogens is 1. The van der Waals surface area contributed by atoms with Gasteiger partial charge in [0, 0.05) is 24.5 Å². The Labute approximate surface area is 184 Å². The molecule has 1 aromatic carbocycles. The zero-order chi connectivity index (χ0) is 21.1. The second-order valence-corrected chi connectivity index (χ2v) is 10.6. The van der Waals surface area contributed by atoms with Gasteiger partial charge in [-0.15, -0.1) is 0 Å². The van der Waals surface area contributed by atoms with Crippen molar-refractivity contribution in [3.05, 3.63) is 65.4 Å². The van der Waals surface area contributed by atoms with Crippen LogP contribution in [0.2, 0.25) is 5.02 Å². The van der Waals surface area contributed by atoms with Crippen molar-refractivity contribution in [3.63, 3.8) is 0 Å². The van der Waals surface area contributed by atoms with E-state index < -0.39 is 0 Å². The highest BCUT2D eigenvalue weighted by Gasteiger charge is 2.21. The van der Waals surface area contributed by atoms with Gasteiger partial charge in [-0.25, -0.2) is 9.97 Å². The van der Waals surface area contributed by atoms with E-state index in [0.29, 0.717) is 16.8 Å². The predicted octanol–water partition coefficient (Wildman–Crippen LogP) is 5.40. The van der Waals surface area contributed by atoms with Crippen molar-refractivity contribution >= 4 is 47.8 Å². The third-order valence-electron chi connectivity index (χ3n) is 5.41. The van der Waals surface area contributed by atoms with Crippen molar-refractivity contribution in [3.8, 4) is 0 Å². The van der Waals surface area contributed by atoms with E-state index in [4.69, 9.17) is 11.6 Å². The summed E-state index contributed by atoms with van der Waals surface area (Å²) >= 11 is 6.44. The number of likely N-dealkylation sites (N-methyl/N-ethyl adjacent to an activating group) is 1. The molecule has 2 N–H and O–H groups in total. The van der Waals surface area contributed by atoms with Crippen LogP contribution >= 0.6 is 19.5 Å².